The summed E-state index contributed by atoms with van der Waals surface area (Å²) in [6, 6.07) is 11.9. The highest BCUT2D eigenvalue weighted by Gasteiger charge is 2.23. The van der Waals surface area contributed by atoms with Crippen LogP contribution in [0.15, 0.2) is 36.4 Å². The summed E-state index contributed by atoms with van der Waals surface area (Å²) in [7, 11) is 0. The second-order valence-electron chi connectivity index (χ2n) is 13.1. The number of aliphatic hydroxyl groups excluding tert-OH is 1. The van der Waals surface area contributed by atoms with Crippen molar-refractivity contribution >= 4 is 0 Å². The number of aliphatic hydroxyl groups is 2. The molecule has 8 heteroatoms. The lowest BCUT2D eigenvalue weighted by Crippen LogP contribution is -2.33. The number of fused-ring (bicyclic) bond motifs is 2. The van der Waals surface area contributed by atoms with E-state index >= 15 is 0 Å². The van der Waals surface area contributed by atoms with Crippen molar-refractivity contribution in [3.8, 4) is 23.0 Å². The third-order valence-electron chi connectivity index (χ3n) is 7.15. The second-order valence-corrected chi connectivity index (χ2v) is 13.1. The molecule has 2 aromatic carbocycles. The Labute approximate surface area is 252 Å². The highest BCUT2D eigenvalue weighted by Crippen LogP contribution is 2.36. The molecule has 42 heavy (non-hydrogen) atoms. The van der Waals surface area contributed by atoms with Crippen LogP contribution in [0.4, 0.5) is 0 Å². The van der Waals surface area contributed by atoms with E-state index < -0.39 is 12.4 Å². The molecule has 0 amide bonds. The predicted molar refractivity (Wildman–Crippen MR) is 164 cm³/mol. The summed E-state index contributed by atoms with van der Waals surface area (Å²) in [5.41, 5.74) is 2.06. The Bertz CT molecular complexity index is 1010. The molecular formula is C34H52O8. The van der Waals surface area contributed by atoms with Gasteiger partial charge in [-0.25, -0.2) is 0 Å². The molecule has 0 saturated carbocycles. The first-order chi connectivity index (χ1) is 19.9. The van der Waals surface area contributed by atoms with Crippen molar-refractivity contribution in [2.24, 2.45) is 0 Å². The molecule has 2 N–H and O–H groups in total. The molecular weight excluding hydrogens is 536 g/mol. The Balaban J connectivity index is 1.93. The lowest BCUT2D eigenvalue weighted by Gasteiger charge is -2.26. The molecule has 0 aromatic heterocycles. The molecule has 1 aliphatic rings. The van der Waals surface area contributed by atoms with Gasteiger partial charge >= 0.3 is 0 Å². The van der Waals surface area contributed by atoms with Gasteiger partial charge in [-0.2, -0.15) is 0 Å². The quantitative estimate of drug-likeness (QED) is 0.265. The van der Waals surface area contributed by atoms with Crippen LogP contribution in [0.25, 0.3) is 0 Å². The van der Waals surface area contributed by atoms with Gasteiger partial charge in [0.25, 0.3) is 0 Å². The number of benzene rings is 2. The van der Waals surface area contributed by atoms with Crippen molar-refractivity contribution in [2.75, 3.05) is 39.6 Å². The molecule has 0 saturated heterocycles. The van der Waals surface area contributed by atoms with Gasteiger partial charge in [0.1, 0.15) is 38.6 Å². The molecule has 3 rings (SSSR count). The van der Waals surface area contributed by atoms with Crippen molar-refractivity contribution in [3.05, 3.63) is 47.5 Å². The van der Waals surface area contributed by atoms with Gasteiger partial charge in [0.2, 0.25) is 0 Å². The molecule has 2 aromatic rings. The van der Waals surface area contributed by atoms with Crippen LogP contribution in [0.3, 0.4) is 0 Å². The van der Waals surface area contributed by atoms with E-state index in [1.165, 1.54) is 12.8 Å². The van der Waals surface area contributed by atoms with Crippen LogP contribution in [0.1, 0.15) is 85.3 Å². The topological polar surface area (TPSA) is 95.8 Å². The highest BCUT2D eigenvalue weighted by molar-refractivity contribution is 5.46. The van der Waals surface area contributed by atoms with Crippen molar-refractivity contribution < 1.29 is 38.6 Å². The van der Waals surface area contributed by atoms with E-state index in [4.69, 9.17) is 28.4 Å². The first-order valence-electron chi connectivity index (χ1n) is 15.3. The summed E-state index contributed by atoms with van der Waals surface area (Å²) < 4.78 is 37.2. The van der Waals surface area contributed by atoms with E-state index in [2.05, 4.69) is 48.5 Å². The van der Waals surface area contributed by atoms with Crippen molar-refractivity contribution in [1.82, 2.24) is 0 Å². The fraction of sp³-hybridized carbons (Fsp3) is 0.647. The van der Waals surface area contributed by atoms with E-state index in [0.29, 0.717) is 29.6 Å². The fourth-order valence-electron chi connectivity index (χ4n) is 4.43. The first-order valence-corrected chi connectivity index (χ1v) is 15.3. The maximum Gasteiger partial charge on any atom is 0.175 e. The minimum Gasteiger partial charge on any atom is -0.487 e. The molecule has 0 radical (unpaired) electrons. The van der Waals surface area contributed by atoms with E-state index in [1.54, 1.807) is 0 Å². The van der Waals surface area contributed by atoms with Crippen molar-refractivity contribution in [1.29, 1.82) is 0 Å². The maximum atomic E-state index is 9.42. The third kappa shape index (κ3) is 11.0. The Morgan fingerprint density at radius 3 is 1.55 bits per heavy atom. The molecule has 0 aliphatic carbocycles. The summed E-state index contributed by atoms with van der Waals surface area (Å²) in [5, 5.41) is 18.8. The summed E-state index contributed by atoms with van der Waals surface area (Å²) in [4.78, 5) is 0. The zero-order chi connectivity index (χ0) is 30.8. The van der Waals surface area contributed by atoms with E-state index in [-0.39, 0.29) is 50.0 Å². The highest BCUT2D eigenvalue weighted by atomic mass is 16.6. The number of rotatable bonds is 9. The first kappa shape index (κ1) is 34.0. The van der Waals surface area contributed by atoms with Crippen LogP contribution in [0, 0.1) is 0 Å². The largest absolute Gasteiger partial charge is 0.487 e. The second kappa shape index (κ2) is 15.8. The fourth-order valence-corrected chi connectivity index (χ4v) is 4.43. The number of hydrogen-bond donors (Lipinski definition) is 2. The van der Waals surface area contributed by atoms with Crippen molar-refractivity contribution in [3.63, 3.8) is 0 Å². The molecule has 0 fully saturated rings. The van der Waals surface area contributed by atoms with Crippen LogP contribution >= 0.6 is 0 Å². The number of unbranched alkanes of at least 4 members (excludes halogenated alkanes) is 3. The van der Waals surface area contributed by atoms with Gasteiger partial charge < -0.3 is 38.6 Å². The smallest absolute Gasteiger partial charge is 0.175 e. The molecule has 236 valence electrons. The summed E-state index contributed by atoms with van der Waals surface area (Å²) in [5.74, 6) is 2.35. The van der Waals surface area contributed by atoms with Gasteiger partial charge in [0, 0.05) is 6.61 Å². The Kier molecular flexibility index (Phi) is 12.8. The Morgan fingerprint density at radius 2 is 1.12 bits per heavy atom. The van der Waals surface area contributed by atoms with Gasteiger partial charge in [-0.1, -0.05) is 79.9 Å². The zero-order valence-corrected chi connectivity index (χ0v) is 26.6. The van der Waals surface area contributed by atoms with E-state index in [0.717, 1.165) is 24.0 Å². The van der Waals surface area contributed by atoms with Gasteiger partial charge in [-0.15, -0.1) is 0 Å². The summed E-state index contributed by atoms with van der Waals surface area (Å²) >= 11 is 0. The Morgan fingerprint density at radius 1 is 0.667 bits per heavy atom. The van der Waals surface area contributed by atoms with Crippen LogP contribution in [-0.2, 0) is 20.3 Å². The Hall–Kier alpha value is -2.52. The molecule has 8 nitrogen and oxygen atoms in total. The summed E-state index contributed by atoms with van der Waals surface area (Å²) in [6.07, 6.45) is 1.96. The van der Waals surface area contributed by atoms with Crippen LogP contribution in [0.2, 0.25) is 0 Å². The van der Waals surface area contributed by atoms with E-state index in [9.17, 15) is 10.2 Å². The van der Waals surface area contributed by atoms with Gasteiger partial charge in [-0.3, -0.25) is 0 Å². The monoisotopic (exact) mass is 588 g/mol. The minimum atomic E-state index is -1.60. The minimum absolute atomic E-state index is 0.0824. The zero-order valence-electron chi connectivity index (χ0n) is 26.6. The average molecular weight is 589 g/mol. The maximum absolute atomic E-state index is 9.42. The van der Waals surface area contributed by atoms with Gasteiger partial charge in [0.15, 0.2) is 29.3 Å². The lowest BCUT2D eigenvalue weighted by atomic mass is 9.87. The number of hydrogen-bond acceptors (Lipinski definition) is 8. The SMILES string of the molecule is CCCCCCOC1COc2cc(C(C)(C)C)ccc2OCC(OCC(O)O)COc2ccc(C(C)(C)C)cc2OC1. The molecule has 1 aliphatic heterocycles. The van der Waals surface area contributed by atoms with Gasteiger partial charge in [0.05, 0.1) is 6.61 Å². The van der Waals surface area contributed by atoms with E-state index in [1.807, 2.05) is 36.4 Å². The van der Waals surface area contributed by atoms with Crippen molar-refractivity contribution in [2.45, 2.75) is 103 Å². The average Bonchev–Trinajstić information content (AvgIpc) is 2.92. The number of ether oxygens (including phenoxy) is 6. The molecule has 0 atom stereocenters. The van der Waals surface area contributed by atoms with Crippen LogP contribution in [-0.4, -0.2) is 68.4 Å². The summed E-state index contributed by atoms with van der Waals surface area (Å²) in [6.45, 7) is 16.3. The lowest BCUT2D eigenvalue weighted by molar-refractivity contribution is -0.123. The molecule has 1 heterocycles. The normalized spacial score (nSPS) is 18.5. The van der Waals surface area contributed by atoms with Gasteiger partial charge in [-0.05, 0) is 52.6 Å². The molecule has 0 unspecified atom stereocenters. The predicted octanol–water partition coefficient (Wildman–Crippen LogP) is 6.17. The molecule has 0 bridgehead atoms. The standard InChI is InChI=1S/C34H52O8/c1-8-9-10-11-16-37-26-19-41-30-17-24(33(2,3)4)12-14-28(30)39-21-27(38-23-32(35)36)22-40-29-15-13-25(34(5,6)7)18-31(29)42-20-26/h12-15,17-18,26-27,32,35-36H,8-11,16,19-23H2,1-7H3. The molecule has 0 spiro atoms. The third-order valence-corrected chi connectivity index (χ3v) is 7.15. The van der Waals surface area contributed by atoms with Crippen LogP contribution in [0.5, 0.6) is 23.0 Å². The van der Waals surface area contributed by atoms with Crippen LogP contribution < -0.4 is 18.9 Å².